The molecule has 1 aromatic carbocycles. The zero-order valence-electron chi connectivity index (χ0n) is 13.2. The van der Waals surface area contributed by atoms with E-state index in [9.17, 15) is 4.39 Å². The third kappa shape index (κ3) is 2.29. The summed E-state index contributed by atoms with van der Waals surface area (Å²) in [4.78, 5) is 4.83. The van der Waals surface area contributed by atoms with Crippen LogP contribution < -0.4 is 5.73 Å². The average molecular weight is 309 g/mol. The van der Waals surface area contributed by atoms with Gasteiger partial charge in [0.25, 0.3) is 0 Å². The molecule has 4 heteroatoms. The minimum Gasteiger partial charge on any atom is -0.383 e. The molecule has 0 radical (unpaired) electrons. The first-order valence-corrected chi connectivity index (χ1v) is 8.18. The van der Waals surface area contributed by atoms with Gasteiger partial charge < -0.3 is 5.73 Å². The summed E-state index contributed by atoms with van der Waals surface area (Å²) in [5, 5.41) is 0. The van der Waals surface area contributed by atoms with Crippen molar-refractivity contribution in [1.29, 1.82) is 0 Å². The van der Waals surface area contributed by atoms with Crippen LogP contribution in [0, 0.1) is 12.7 Å². The molecule has 1 aliphatic rings. The van der Waals surface area contributed by atoms with E-state index in [1.807, 2.05) is 10.6 Å². The quantitative estimate of drug-likeness (QED) is 0.746. The van der Waals surface area contributed by atoms with Crippen LogP contribution in [0.1, 0.15) is 42.7 Å². The summed E-state index contributed by atoms with van der Waals surface area (Å²) < 4.78 is 15.1. The van der Waals surface area contributed by atoms with E-state index in [-0.39, 0.29) is 5.82 Å². The first-order valence-electron chi connectivity index (χ1n) is 8.18. The zero-order chi connectivity index (χ0) is 16.0. The standard InChI is InChI=1S/C19H20FN3/c1-12-10-11-23-18(21)17(14-6-8-15(20)9-7-14)22-19(23)16(12)13-4-2-3-5-13/h6-11,13H,2-5,21H2,1H3. The zero-order valence-corrected chi connectivity index (χ0v) is 13.2. The number of imidazole rings is 1. The van der Waals surface area contributed by atoms with E-state index in [0.29, 0.717) is 11.7 Å². The molecule has 0 bridgehead atoms. The molecule has 0 unspecified atom stereocenters. The molecule has 23 heavy (non-hydrogen) atoms. The maximum atomic E-state index is 13.2. The van der Waals surface area contributed by atoms with Crippen LogP contribution in [0.4, 0.5) is 10.2 Å². The number of nitrogens with zero attached hydrogens (tertiary/aromatic N) is 2. The van der Waals surface area contributed by atoms with Crippen LogP contribution in [0.15, 0.2) is 36.5 Å². The molecule has 0 aliphatic heterocycles. The molecule has 118 valence electrons. The van der Waals surface area contributed by atoms with Gasteiger partial charge in [0.05, 0.1) is 0 Å². The summed E-state index contributed by atoms with van der Waals surface area (Å²) in [6.45, 7) is 2.15. The number of aryl methyl sites for hydroxylation is 1. The highest BCUT2D eigenvalue weighted by Crippen LogP contribution is 2.39. The van der Waals surface area contributed by atoms with E-state index in [1.54, 1.807) is 12.1 Å². The second-order valence-electron chi connectivity index (χ2n) is 6.44. The fourth-order valence-corrected chi connectivity index (χ4v) is 3.78. The van der Waals surface area contributed by atoms with Gasteiger partial charge in [0.2, 0.25) is 0 Å². The summed E-state index contributed by atoms with van der Waals surface area (Å²) in [5.41, 5.74) is 11.5. The summed E-state index contributed by atoms with van der Waals surface area (Å²) in [5.74, 6) is 0.936. The first kappa shape index (κ1) is 14.2. The first-order chi connectivity index (χ1) is 11.1. The highest BCUT2D eigenvalue weighted by atomic mass is 19.1. The Kier molecular flexibility index (Phi) is 3.33. The van der Waals surface area contributed by atoms with Crippen LogP contribution in [0.25, 0.3) is 16.9 Å². The van der Waals surface area contributed by atoms with Gasteiger partial charge in [0.1, 0.15) is 23.0 Å². The third-order valence-electron chi connectivity index (χ3n) is 4.97. The fraction of sp³-hybridized carbons (Fsp3) is 0.316. The Hall–Kier alpha value is -2.36. The summed E-state index contributed by atoms with van der Waals surface area (Å²) >= 11 is 0. The van der Waals surface area contributed by atoms with Crippen LogP contribution in [-0.4, -0.2) is 9.38 Å². The number of nitrogen functional groups attached to an aromatic ring is 1. The van der Waals surface area contributed by atoms with Crippen LogP contribution in [0.3, 0.4) is 0 Å². The second kappa shape index (κ2) is 5.37. The summed E-state index contributed by atoms with van der Waals surface area (Å²) in [6.07, 6.45) is 7.00. The largest absolute Gasteiger partial charge is 0.383 e. The lowest BCUT2D eigenvalue weighted by Gasteiger charge is -2.14. The van der Waals surface area contributed by atoms with Crippen LogP contribution in [0.5, 0.6) is 0 Å². The molecule has 0 amide bonds. The third-order valence-corrected chi connectivity index (χ3v) is 4.97. The Morgan fingerprint density at radius 3 is 2.52 bits per heavy atom. The topological polar surface area (TPSA) is 43.3 Å². The Morgan fingerprint density at radius 2 is 1.83 bits per heavy atom. The molecule has 0 atom stereocenters. The van der Waals surface area contributed by atoms with E-state index >= 15 is 0 Å². The molecule has 2 N–H and O–H groups in total. The lowest BCUT2D eigenvalue weighted by molar-refractivity contribution is 0.628. The van der Waals surface area contributed by atoms with Gasteiger partial charge in [-0.1, -0.05) is 12.8 Å². The Morgan fingerprint density at radius 1 is 1.13 bits per heavy atom. The molecule has 3 aromatic rings. The smallest absolute Gasteiger partial charge is 0.142 e. The molecule has 2 heterocycles. The Balaban J connectivity index is 1.93. The minimum absolute atomic E-state index is 0.251. The van der Waals surface area contributed by atoms with E-state index in [4.69, 9.17) is 10.7 Å². The summed E-state index contributed by atoms with van der Waals surface area (Å²) in [7, 11) is 0. The van der Waals surface area contributed by atoms with E-state index in [0.717, 1.165) is 16.9 Å². The molecule has 3 nitrogen and oxygen atoms in total. The maximum Gasteiger partial charge on any atom is 0.142 e. The predicted octanol–water partition coefficient (Wildman–Crippen LogP) is 4.69. The van der Waals surface area contributed by atoms with E-state index in [2.05, 4.69) is 13.0 Å². The number of benzene rings is 1. The average Bonchev–Trinajstić information content (AvgIpc) is 3.17. The van der Waals surface area contributed by atoms with Gasteiger partial charge in [-0.25, -0.2) is 9.37 Å². The van der Waals surface area contributed by atoms with Crippen molar-refractivity contribution < 1.29 is 4.39 Å². The van der Waals surface area contributed by atoms with Crippen molar-refractivity contribution >= 4 is 11.5 Å². The minimum atomic E-state index is -0.251. The van der Waals surface area contributed by atoms with E-state index in [1.165, 1.54) is 48.9 Å². The number of pyridine rings is 1. The van der Waals surface area contributed by atoms with Gasteiger partial charge in [0, 0.05) is 17.3 Å². The summed E-state index contributed by atoms with van der Waals surface area (Å²) in [6, 6.07) is 8.47. The van der Waals surface area contributed by atoms with Crippen molar-refractivity contribution in [2.75, 3.05) is 5.73 Å². The van der Waals surface area contributed by atoms with Gasteiger partial charge >= 0.3 is 0 Å². The molecular formula is C19H20FN3. The number of aromatic nitrogens is 2. The lowest BCUT2D eigenvalue weighted by Crippen LogP contribution is -2.02. The van der Waals surface area contributed by atoms with Crippen LogP contribution in [-0.2, 0) is 0 Å². The fourth-order valence-electron chi connectivity index (χ4n) is 3.78. The lowest BCUT2D eigenvalue weighted by atomic mass is 9.95. The Bertz CT molecular complexity index is 858. The molecule has 1 aliphatic carbocycles. The van der Waals surface area contributed by atoms with Gasteiger partial charge in [-0.05, 0) is 61.6 Å². The molecule has 1 saturated carbocycles. The van der Waals surface area contributed by atoms with Crippen LogP contribution in [0.2, 0.25) is 0 Å². The number of anilines is 1. The van der Waals surface area contributed by atoms with Crippen molar-refractivity contribution in [3.05, 3.63) is 53.5 Å². The number of hydrogen-bond donors (Lipinski definition) is 1. The number of fused-ring (bicyclic) bond motifs is 1. The number of halogens is 1. The molecule has 1 fully saturated rings. The van der Waals surface area contributed by atoms with Gasteiger partial charge in [0.15, 0.2) is 0 Å². The number of nitrogens with two attached hydrogens (primary N) is 1. The number of rotatable bonds is 2. The molecular weight excluding hydrogens is 289 g/mol. The van der Waals surface area contributed by atoms with Crippen molar-refractivity contribution in [3.63, 3.8) is 0 Å². The molecule has 0 saturated heterocycles. The second-order valence-corrected chi connectivity index (χ2v) is 6.44. The molecule has 2 aromatic heterocycles. The van der Waals surface area contributed by atoms with Crippen molar-refractivity contribution in [3.8, 4) is 11.3 Å². The van der Waals surface area contributed by atoms with Crippen molar-refractivity contribution in [2.45, 2.75) is 38.5 Å². The number of hydrogen-bond acceptors (Lipinski definition) is 2. The van der Waals surface area contributed by atoms with Crippen LogP contribution >= 0.6 is 0 Å². The molecule has 0 spiro atoms. The van der Waals surface area contributed by atoms with Gasteiger partial charge in [-0.2, -0.15) is 0 Å². The van der Waals surface area contributed by atoms with Crippen molar-refractivity contribution in [1.82, 2.24) is 9.38 Å². The Labute approximate surface area is 135 Å². The van der Waals surface area contributed by atoms with Gasteiger partial charge in [-0.3, -0.25) is 4.40 Å². The SMILES string of the molecule is Cc1ccn2c(N)c(-c3ccc(F)cc3)nc2c1C1CCCC1. The highest BCUT2D eigenvalue weighted by molar-refractivity contribution is 5.76. The normalized spacial score (nSPS) is 15.6. The van der Waals surface area contributed by atoms with Gasteiger partial charge in [-0.15, -0.1) is 0 Å². The molecule has 4 rings (SSSR count). The highest BCUT2D eigenvalue weighted by Gasteiger charge is 2.24. The monoisotopic (exact) mass is 309 g/mol. The maximum absolute atomic E-state index is 13.2. The van der Waals surface area contributed by atoms with E-state index < -0.39 is 0 Å². The van der Waals surface area contributed by atoms with Crippen molar-refractivity contribution in [2.24, 2.45) is 0 Å². The predicted molar refractivity (Wildman–Crippen MR) is 90.9 cm³/mol.